The molecule has 0 bridgehead atoms. The van der Waals surface area contributed by atoms with Gasteiger partial charge in [0.15, 0.2) is 11.5 Å². The van der Waals surface area contributed by atoms with Gasteiger partial charge in [-0.2, -0.15) is 0 Å². The third-order valence-corrected chi connectivity index (χ3v) is 1.97. The second kappa shape index (κ2) is 2.73. The second-order valence-electron chi connectivity index (χ2n) is 2.91. The van der Waals surface area contributed by atoms with Crippen molar-refractivity contribution in [2.24, 2.45) is 0 Å². The molecule has 1 aromatic rings. The molecule has 1 aliphatic rings. The summed E-state index contributed by atoms with van der Waals surface area (Å²) < 4.78 is 10.4. The van der Waals surface area contributed by atoms with Crippen LogP contribution in [0, 0.1) is 6.92 Å². The summed E-state index contributed by atoms with van der Waals surface area (Å²) in [5.41, 5.74) is 0.571. The first kappa shape index (κ1) is 8.04. The van der Waals surface area contributed by atoms with Gasteiger partial charge in [0.25, 0.3) is 0 Å². The van der Waals surface area contributed by atoms with Crippen molar-refractivity contribution in [2.45, 2.75) is 6.92 Å². The molecule has 2 N–H and O–H groups in total. The number of fused-ring (bicyclic) bond motifs is 1. The maximum Gasteiger partial charge on any atom is 0.207 e. The quantitative estimate of drug-likeness (QED) is 0.591. The summed E-state index contributed by atoms with van der Waals surface area (Å²) in [6.45, 7) is 2.55. The molecule has 0 aliphatic carbocycles. The highest BCUT2D eigenvalue weighted by molar-refractivity contribution is 5.61. The van der Waals surface area contributed by atoms with E-state index >= 15 is 0 Å². The second-order valence-corrected chi connectivity index (χ2v) is 2.91. The lowest BCUT2D eigenvalue weighted by Gasteiger charge is -2.20. The summed E-state index contributed by atoms with van der Waals surface area (Å²) in [5.74, 6) is 0.326. The molecule has 4 nitrogen and oxygen atoms in total. The molecule has 4 heteroatoms. The van der Waals surface area contributed by atoms with Crippen LogP contribution in [-0.4, -0.2) is 23.4 Å². The minimum atomic E-state index is -0.241. The fraction of sp³-hybridized carbons (Fsp3) is 0.333. The minimum Gasteiger partial charge on any atom is -0.504 e. The molecule has 0 radical (unpaired) electrons. The fourth-order valence-corrected chi connectivity index (χ4v) is 1.28. The lowest BCUT2D eigenvalue weighted by atomic mass is 10.1. The molecular formula is C9H10O4. The third-order valence-electron chi connectivity index (χ3n) is 1.97. The zero-order chi connectivity index (χ0) is 9.42. The monoisotopic (exact) mass is 182 g/mol. The highest BCUT2D eigenvalue weighted by Gasteiger charge is 2.20. The van der Waals surface area contributed by atoms with Crippen LogP contribution in [0.3, 0.4) is 0 Å². The van der Waals surface area contributed by atoms with Gasteiger partial charge in [0.2, 0.25) is 11.5 Å². The van der Waals surface area contributed by atoms with Crippen LogP contribution >= 0.6 is 0 Å². The topological polar surface area (TPSA) is 58.9 Å². The van der Waals surface area contributed by atoms with Gasteiger partial charge in [-0.15, -0.1) is 0 Å². The van der Waals surface area contributed by atoms with E-state index in [1.165, 1.54) is 0 Å². The van der Waals surface area contributed by atoms with Crippen molar-refractivity contribution in [3.8, 4) is 23.0 Å². The Morgan fingerprint density at radius 3 is 2.62 bits per heavy atom. The van der Waals surface area contributed by atoms with Gasteiger partial charge in [-0.3, -0.25) is 0 Å². The first-order chi connectivity index (χ1) is 6.20. The Labute approximate surface area is 75.3 Å². The van der Waals surface area contributed by atoms with Crippen LogP contribution < -0.4 is 9.47 Å². The smallest absolute Gasteiger partial charge is 0.207 e. The van der Waals surface area contributed by atoms with E-state index in [0.717, 1.165) is 0 Å². The Morgan fingerprint density at radius 1 is 1.15 bits per heavy atom. The van der Waals surface area contributed by atoms with Crippen LogP contribution in [-0.2, 0) is 0 Å². The van der Waals surface area contributed by atoms with E-state index in [9.17, 15) is 10.2 Å². The Kier molecular flexibility index (Phi) is 1.69. The average molecular weight is 182 g/mol. The Hall–Kier alpha value is -1.58. The zero-order valence-corrected chi connectivity index (χ0v) is 7.20. The van der Waals surface area contributed by atoms with E-state index in [1.807, 2.05) is 0 Å². The summed E-state index contributed by atoms with van der Waals surface area (Å²) in [6, 6.07) is 1.64. The van der Waals surface area contributed by atoms with Gasteiger partial charge in [-0.05, 0) is 18.6 Å². The number of ether oxygens (including phenoxy) is 2. The number of benzene rings is 1. The molecule has 0 atom stereocenters. The van der Waals surface area contributed by atoms with Gasteiger partial charge >= 0.3 is 0 Å². The first-order valence-corrected chi connectivity index (χ1v) is 4.01. The van der Waals surface area contributed by atoms with Gasteiger partial charge < -0.3 is 19.7 Å². The number of phenolic OH excluding ortho intramolecular Hbond substituents is 2. The molecule has 0 saturated carbocycles. The van der Waals surface area contributed by atoms with Crippen LogP contribution in [0.15, 0.2) is 6.07 Å². The van der Waals surface area contributed by atoms with Gasteiger partial charge in [0.1, 0.15) is 13.2 Å². The third kappa shape index (κ3) is 1.14. The maximum absolute atomic E-state index is 9.47. The normalized spacial score (nSPS) is 14.2. The summed E-state index contributed by atoms with van der Waals surface area (Å²) in [6.07, 6.45) is 0. The molecule has 0 saturated heterocycles. The van der Waals surface area contributed by atoms with Gasteiger partial charge in [0.05, 0.1) is 0 Å². The Bertz CT molecular complexity index is 346. The molecule has 0 unspecified atom stereocenters. The molecule has 13 heavy (non-hydrogen) atoms. The number of phenols is 2. The largest absolute Gasteiger partial charge is 0.504 e. The standard InChI is InChI=1S/C9H10O4/c1-5-4-6-9(8(11)7(5)10)13-3-2-12-6/h4,10-11H,2-3H2,1H3. The Morgan fingerprint density at radius 2 is 1.85 bits per heavy atom. The van der Waals surface area contributed by atoms with E-state index < -0.39 is 0 Å². The summed E-state index contributed by atoms with van der Waals surface area (Å²) in [7, 11) is 0. The van der Waals surface area contributed by atoms with E-state index in [-0.39, 0.29) is 17.2 Å². The van der Waals surface area contributed by atoms with Crippen molar-refractivity contribution in [3.05, 3.63) is 11.6 Å². The SMILES string of the molecule is Cc1cc2c(c(O)c1O)OCCO2. The molecule has 2 rings (SSSR count). The van der Waals surface area contributed by atoms with Gasteiger partial charge in [-0.25, -0.2) is 0 Å². The minimum absolute atomic E-state index is 0.149. The molecule has 1 aliphatic heterocycles. The van der Waals surface area contributed by atoms with Gasteiger partial charge in [0, 0.05) is 0 Å². The molecule has 0 amide bonds. The molecule has 1 heterocycles. The predicted octanol–water partition coefficient (Wildman–Crippen LogP) is 1.18. The number of aryl methyl sites for hydroxylation is 1. The van der Waals surface area contributed by atoms with E-state index in [2.05, 4.69) is 0 Å². The van der Waals surface area contributed by atoms with Crippen molar-refractivity contribution in [3.63, 3.8) is 0 Å². The van der Waals surface area contributed by atoms with E-state index in [0.29, 0.717) is 24.5 Å². The van der Waals surface area contributed by atoms with Crippen LogP contribution in [0.2, 0.25) is 0 Å². The highest BCUT2D eigenvalue weighted by atomic mass is 16.6. The van der Waals surface area contributed by atoms with Gasteiger partial charge in [-0.1, -0.05) is 0 Å². The van der Waals surface area contributed by atoms with Crippen LogP contribution in [0.4, 0.5) is 0 Å². The van der Waals surface area contributed by atoms with Crippen molar-refractivity contribution in [1.29, 1.82) is 0 Å². The van der Waals surface area contributed by atoms with Crippen LogP contribution in [0.5, 0.6) is 23.0 Å². The Balaban J connectivity index is 2.60. The zero-order valence-electron chi connectivity index (χ0n) is 7.20. The lowest BCUT2D eigenvalue weighted by molar-refractivity contribution is 0.164. The number of rotatable bonds is 0. The number of aromatic hydroxyl groups is 2. The predicted molar refractivity (Wildman–Crippen MR) is 45.5 cm³/mol. The molecule has 70 valence electrons. The molecule has 0 aromatic heterocycles. The van der Waals surface area contributed by atoms with Crippen LogP contribution in [0.1, 0.15) is 5.56 Å². The summed E-state index contributed by atoms with van der Waals surface area (Å²) >= 11 is 0. The van der Waals surface area contributed by atoms with Crippen molar-refractivity contribution in [1.82, 2.24) is 0 Å². The van der Waals surface area contributed by atoms with Crippen LogP contribution in [0.25, 0.3) is 0 Å². The summed E-state index contributed by atoms with van der Waals surface area (Å²) in [5, 5.41) is 18.8. The molecule has 0 spiro atoms. The number of hydrogen-bond acceptors (Lipinski definition) is 4. The highest BCUT2D eigenvalue weighted by Crippen LogP contribution is 2.46. The molecule has 0 fully saturated rings. The summed E-state index contributed by atoms with van der Waals surface area (Å²) in [4.78, 5) is 0. The van der Waals surface area contributed by atoms with Crippen molar-refractivity contribution in [2.75, 3.05) is 13.2 Å². The van der Waals surface area contributed by atoms with Crippen molar-refractivity contribution < 1.29 is 19.7 Å². The lowest BCUT2D eigenvalue weighted by Crippen LogP contribution is -2.15. The number of hydrogen-bond donors (Lipinski definition) is 2. The molecular weight excluding hydrogens is 172 g/mol. The van der Waals surface area contributed by atoms with Crippen molar-refractivity contribution >= 4 is 0 Å². The molecule has 1 aromatic carbocycles. The first-order valence-electron chi connectivity index (χ1n) is 4.01. The fourth-order valence-electron chi connectivity index (χ4n) is 1.28. The van der Waals surface area contributed by atoms with E-state index in [4.69, 9.17) is 9.47 Å². The average Bonchev–Trinajstić information content (AvgIpc) is 2.15. The van der Waals surface area contributed by atoms with E-state index in [1.54, 1.807) is 13.0 Å². The maximum atomic E-state index is 9.47.